The molecular formula is C17H16BrN3O3S2. The van der Waals surface area contributed by atoms with Crippen LogP contribution < -0.4 is 15.8 Å². The first-order chi connectivity index (χ1) is 12.4. The zero-order valence-corrected chi connectivity index (χ0v) is 16.7. The number of nitrogens with two attached hydrogens (primary N) is 1. The molecule has 0 saturated carbocycles. The molecule has 0 bridgehead atoms. The van der Waals surface area contributed by atoms with Crippen LogP contribution in [0.5, 0.6) is 0 Å². The standard InChI is InChI=1S/C17H16BrN3O3S2/c18-12-6-1-2-7-13(12)20-17(22)21-14-8-3-4-9-15(14)25-11-5-10-16(25)26(19,23)24/h1-11,25H,(H2,19,23,24)(H2,20,21,22). The van der Waals surface area contributed by atoms with Gasteiger partial charge in [0.1, 0.15) is 4.24 Å². The first-order valence-corrected chi connectivity index (χ1v) is 11.2. The highest BCUT2D eigenvalue weighted by Crippen LogP contribution is 2.52. The number of allylic oxidation sites excluding steroid dienone is 2. The number of thiol groups is 1. The molecule has 1 aliphatic heterocycles. The van der Waals surface area contributed by atoms with E-state index in [2.05, 4.69) is 26.6 Å². The van der Waals surface area contributed by atoms with Gasteiger partial charge in [-0.2, -0.15) is 10.9 Å². The number of urea groups is 1. The summed E-state index contributed by atoms with van der Waals surface area (Å²) in [7, 11) is -5.10. The lowest BCUT2D eigenvalue weighted by atomic mass is 10.3. The SMILES string of the molecule is NS(=O)(=O)C1=CC=C[SH]1c1ccccc1NC(=O)Nc1ccccc1Br. The molecule has 0 radical (unpaired) electrons. The Bertz CT molecular complexity index is 1020. The van der Waals surface area contributed by atoms with Crippen molar-refractivity contribution < 1.29 is 13.2 Å². The summed E-state index contributed by atoms with van der Waals surface area (Å²) in [6.07, 6.45) is 3.17. The van der Waals surface area contributed by atoms with Gasteiger partial charge in [-0.3, -0.25) is 0 Å². The predicted molar refractivity (Wildman–Crippen MR) is 111 cm³/mol. The van der Waals surface area contributed by atoms with E-state index in [1.807, 2.05) is 18.2 Å². The molecule has 4 N–H and O–H groups in total. The van der Waals surface area contributed by atoms with Crippen LogP contribution in [0.3, 0.4) is 0 Å². The van der Waals surface area contributed by atoms with Crippen LogP contribution in [0.25, 0.3) is 0 Å². The van der Waals surface area contributed by atoms with E-state index in [9.17, 15) is 13.2 Å². The van der Waals surface area contributed by atoms with Crippen molar-refractivity contribution in [2.24, 2.45) is 5.14 Å². The van der Waals surface area contributed by atoms with Crippen molar-refractivity contribution in [1.29, 1.82) is 0 Å². The van der Waals surface area contributed by atoms with Crippen molar-refractivity contribution in [2.45, 2.75) is 4.90 Å². The lowest BCUT2D eigenvalue weighted by Crippen LogP contribution is -2.20. The molecular weight excluding hydrogens is 438 g/mol. The average molecular weight is 454 g/mol. The number of hydrogen-bond donors (Lipinski definition) is 4. The largest absolute Gasteiger partial charge is 0.323 e. The van der Waals surface area contributed by atoms with Gasteiger partial charge in [0, 0.05) is 9.37 Å². The fraction of sp³-hybridized carbons (Fsp3) is 0. The molecule has 3 rings (SSSR count). The molecule has 2 aromatic rings. The van der Waals surface area contributed by atoms with E-state index in [0.29, 0.717) is 16.3 Å². The summed E-state index contributed by atoms with van der Waals surface area (Å²) in [5, 5.41) is 12.6. The van der Waals surface area contributed by atoms with Gasteiger partial charge in [-0.25, -0.2) is 18.4 Å². The molecule has 136 valence electrons. The first-order valence-electron chi connectivity index (χ1n) is 7.48. The number of anilines is 2. The number of sulfonamides is 1. The smallest absolute Gasteiger partial charge is 0.307 e. The fourth-order valence-corrected chi connectivity index (χ4v) is 6.34. The third-order valence-corrected chi connectivity index (χ3v) is 8.30. The number of nitrogens with one attached hydrogen (secondary N) is 2. The number of para-hydroxylation sites is 2. The summed E-state index contributed by atoms with van der Waals surface area (Å²) in [6, 6.07) is 13.9. The molecule has 1 heterocycles. The number of benzene rings is 2. The maximum absolute atomic E-state index is 12.4. The van der Waals surface area contributed by atoms with Crippen LogP contribution in [-0.2, 0) is 10.0 Å². The van der Waals surface area contributed by atoms with E-state index in [1.54, 1.807) is 41.8 Å². The topological polar surface area (TPSA) is 101 Å². The molecule has 2 aromatic carbocycles. The summed E-state index contributed by atoms with van der Waals surface area (Å²) in [6.45, 7) is 0. The third-order valence-electron chi connectivity index (χ3n) is 3.54. The van der Waals surface area contributed by atoms with Gasteiger partial charge in [0.05, 0.1) is 11.4 Å². The van der Waals surface area contributed by atoms with Crippen LogP contribution in [0.2, 0.25) is 0 Å². The number of carbonyl (C=O) groups is 1. The maximum Gasteiger partial charge on any atom is 0.323 e. The fourth-order valence-electron chi connectivity index (χ4n) is 2.42. The molecule has 2 amide bonds. The van der Waals surface area contributed by atoms with Gasteiger partial charge in [0.25, 0.3) is 0 Å². The second kappa shape index (κ2) is 7.67. The van der Waals surface area contributed by atoms with Crippen molar-refractivity contribution in [3.05, 3.63) is 74.8 Å². The summed E-state index contributed by atoms with van der Waals surface area (Å²) >= 11 is 3.37. The number of amides is 2. The summed E-state index contributed by atoms with van der Waals surface area (Å²) in [5.41, 5.74) is 1.16. The summed E-state index contributed by atoms with van der Waals surface area (Å²) < 4.78 is 24.5. The summed E-state index contributed by atoms with van der Waals surface area (Å²) in [5.74, 6) is 0. The molecule has 1 atom stereocenters. The Hall–Kier alpha value is -2.07. The average Bonchev–Trinajstić information content (AvgIpc) is 3.07. The number of carbonyl (C=O) groups excluding carboxylic acids is 1. The minimum absolute atomic E-state index is 0.160. The normalized spacial score (nSPS) is 17.6. The zero-order chi connectivity index (χ0) is 18.7. The molecule has 1 unspecified atom stereocenters. The summed E-state index contributed by atoms with van der Waals surface area (Å²) in [4.78, 5) is 13.1. The Kier molecular flexibility index (Phi) is 5.52. The van der Waals surface area contributed by atoms with Crippen LogP contribution in [0.1, 0.15) is 0 Å². The van der Waals surface area contributed by atoms with Crippen molar-refractivity contribution in [3.63, 3.8) is 0 Å². The highest BCUT2D eigenvalue weighted by atomic mass is 79.9. The highest BCUT2D eigenvalue weighted by molar-refractivity contribution is 9.10. The van der Waals surface area contributed by atoms with Gasteiger partial charge >= 0.3 is 6.03 Å². The van der Waals surface area contributed by atoms with Crippen molar-refractivity contribution >= 4 is 54.3 Å². The number of halogens is 1. The predicted octanol–water partition coefficient (Wildman–Crippen LogP) is 4.11. The lowest BCUT2D eigenvalue weighted by molar-refractivity contribution is 0.262. The van der Waals surface area contributed by atoms with Gasteiger partial charge in [0.15, 0.2) is 0 Å². The third kappa shape index (κ3) is 4.18. The van der Waals surface area contributed by atoms with E-state index in [0.717, 1.165) is 4.47 Å². The van der Waals surface area contributed by atoms with E-state index in [1.165, 1.54) is 6.08 Å². The van der Waals surface area contributed by atoms with Crippen molar-refractivity contribution in [2.75, 3.05) is 10.6 Å². The van der Waals surface area contributed by atoms with E-state index in [-0.39, 0.29) is 4.24 Å². The molecule has 0 saturated heterocycles. The van der Waals surface area contributed by atoms with Gasteiger partial charge in [0.2, 0.25) is 10.0 Å². The van der Waals surface area contributed by atoms with Crippen LogP contribution in [-0.4, -0.2) is 14.4 Å². The van der Waals surface area contributed by atoms with Gasteiger partial charge in [-0.05, 0) is 51.7 Å². The quantitative estimate of drug-likeness (QED) is 0.523. The molecule has 0 aromatic heterocycles. The second-order valence-corrected chi connectivity index (χ2v) is 10.0. The number of hydrogen-bond acceptors (Lipinski definition) is 3. The number of rotatable bonds is 4. The number of primary sulfonamides is 1. The lowest BCUT2D eigenvalue weighted by Gasteiger charge is -2.20. The van der Waals surface area contributed by atoms with Crippen LogP contribution in [0.15, 0.2) is 79.7 Å². The van der Waals surface area contributed by atoms with E-state index >= 15 is 0 Å². The minimum Gasteiger partial charge on any atom is -0.307 e. The van der Waals surface area contributed by atoms with Crippen molar-refractivity contribution in [1.82, 2.24) is 0 Å². The Morgan fingerprint density at radius 2 is 1.62 bits per heavy atom. The van der Waals surface area contributed by atoms with Crippen LogP contribution in [0.4, 0.5) is 16.2 Å². The zero-order valence-electron chi connectivity index (χ0n) is 13.4. The molecule has 0 aliphatic carbocycles. The molecule has 6 nitrogen and oxygen atoms in total. The Labute approximate surface area is 162 Å². The van der Waals surface area contributed by atoms with Crippen LogP contribution in [0, 0.1) is 0 Å². The van der Waals surface area contributed by atoms with Gasteiger partial charge in [-0.1, -0.05) is 30.3 Å². The van der Waals surface area contributed by atoms with E-state index in [4.69, 9.17) is 5.14 Å². The minimum atomic E-state index is -3.81. The second-order valence-electron chi connectivity index (χ2n) is 5.34. The Morgan fingerprint density at radius 1 is 1.00 bits per heavy atom. The molecule has 1 aliphatic rings. The van der Waals surface area contributed by atoms with Crippen LogP contribution >= 0.6 is 26.8 Å². The van der Waals surface area contributed by atoms with Crippen molar-refractivity contribution in [3.8, 4) is 0 Å². The Balaban J connectivity index is 1.84. The van der Waals surface area contributed by atoms with Gasteiger partial charge < -0.3 is 10.6 Å². The monoisotopic (exact) mass is 453 g/mol. The molecule has 9 heteroatoms. The Morgan fingerprint density at radius 3 is 2.31 bits per heavy atom. The highest BCUT2D eigenvalue weighted by Gasteiger charge is 2.24. The first kappa shape index (κ1) is 18.7. The van der Waals surface area contributed by atoms with E-state index < -0.39 is 26.9 Å². The van der Waals surface area contributed by atoms with Gasteiger partial charge in [-0.15, -0.1) is 0 Å². The molecule has 0 spiro atoms. The molecule has 26 heavy (non-hydrogen) atoms. The maximum atomic E-state index is 12.4. The molecule has 0 fully saturated rings.